The Morgan fingerprint density at radius 2 is 2.16 bits per heavy atom. The van der Waals surface area contributed by atoms with Crippen molar-refractivity contribution < 1.29 is 14.6 Å². The lowest BCUT2D eigenvalue weighted by molar-refractivity contribution is -0.137. The van der Waals surface area contributed by atoms with Crippen molar-refractivity contribution in [3.63, 3.8) is 0 Å². The fourth-order valence-electron chi connectivity index (χ4n) is 3.85. The lowest BCUT2D eigenvalue weighted by Gasteiger charge is -2.51. The summed E-state index contributed by atoms with van der Waals surface area (Å²) in [6.07, 6.45) is 7.77. The van der Waals surface area contributed by atoms with Gasteiger partial charge in [0.15, 0.2) is 0 Å². The highest BCUT2D eigenvalue weighted by molar-refractivity contribution is 5.88. The van der Waals surface area contributed by atoms with Crippen LogP contribution in [0.5, 0.6) is 0 Å². The van der Waals surface area contributed by atoms with E-state index in [0.29, 0.717) is 5.57 Å². The number of esters is 1. The van der Waals surface area contributed by atoms with Crippen LogP contribution in [-0.4, -0.2) is 23.8 Å². The molecule has 0 aromatic heterocycles. The topological polar surface area (TPSA) is 46.5 Å². The van der Waals surface area contributed by atoms with Gasteiger partial charge < -0.3 is 9.84 Å². The molecule has 0 bridgehead atoms. The van der Waals surface area contributed by atoms with Gasteiger partial charge in [0.05, 0.1) is 12.7 Å². The second kappa shape index (κ2) is 4.78. The summed E-state index contributed by atoms with van der Waals surface area (Å²) < 4.78 is 4.76. The molecule has 1 saturated carbocycles. The number of carbonyl (C=O) groups excluding carboxylic acids is 1. The summed E-state index contributed by atoms with van der Waals surface area (Å²) in [6, 6.07) is 0. The Morgan fingerprint density at radius 3 is 2.79 bits per heavy atom. The molecule has 2 rings (SSSR count). The zero-order chi connectivity index (χ0) is 14.3. The third-order valence-corrected chi connectivity index (χ3v) is 5.11. The molecule has 0 radical (unpaired) electrons. The van der Waals surface area contributed by atoms with E-state index in [4.69, 9.17) is 4.74 Å². The van der Waals surface area contributed by atoms with Crippen LogP contribution < -0.4 is 0 Å². The van der Waals surface area contributed by atoms with Gasteiger partial charge in [0.2, 0.25) is 0 Å². The van der Waals surface area contributed by atoms with Gasteiger partial charge in [-0.3, -0.25) is 0 Å². The largest absolute Gasteiger partial charge is 0.466 e. The quantitative estimate of drug-likeness (QED) is 0.474. The number of hydrogen-bond donors (Lipinski definition) is 1. The molecule has 4 atom stereocenters. The van der Waals surface area contributed by atoms with E-state index in [1.54, 1.807) is 0 Å². The maximum Gasteiger partial charge on any atom is 0.333 e. The summed E-state index contributed by atoms with van der Waals surface area (Å²) in [5.74, 6) is -0.0201. The molecule has 19 heavy (non-hydrogen) atoms. The third kappa shape index (κ3) is 2.48. The molecule has 2 aliphatic rings. The maximum absolute atomic E-state index is 11.6. The van der Waals surface area contributed by atoms with Gasteiger partial charge >= 0.3 is 5.97 Å². The molecule has 3 heteroatoms. The molecular weight excluding hydrogens is 240 g/mol. The van der Waals surface area contributed by atoms with Crippen molar-refractivity contribution in [3.05, 3.63) is 24.3 Å². The Kier molecular flexibility index (Phi) is 3.61. The highest BCUT2D eigenvalue weighted by atomic mass is 16.5. The van der Waals surface area contributed by atoms with Crippen LogP contribution in [0.15, 0.2) is 24.3 Å². The van der Waals surface area contributed by atoms with Crippen molar-refractivity contribution >= 4 is 5.97 Å². The van der Waals surface area contributed by atoms with Crippen LogP contribution in [0.25, 0.3) is 0 Å². The lowest BCUT2D eigenvalue weighted by Crippen LogP contribution is -2.49. The van der Waals surface area contributed by atoms with Crippen LogP contribution in [0.1, 0.15) is 39.5 Å². The number of hydrogen-bond acceptors (Lipinski definition) is 3. The first-order valence-corrected chi connectivity index (χ1v) is 6.97. The van der Waals surface area contributed by atoms with E-state index in [1.807, 2.05) is 13.0 Å². The highest BCUT2D eigenvalue weighted by Gasteiger charge is 2.49. The van der Waals surface area contributed by atoms with Crippen molar-refractivity contribution in [1.29, 1.82) is 0 Å². The first kappa shape index (κ1) is 14.3. The summed E-state index contributed by atoms with van der Waals surface area (Å²) >= 11 is 0. The van der Waals surface area contributed by atoms with Crippen LogP contribution >= 0.6 is 0 Å². The molecule has 0 aromatic rings. The molecule has 1 N–H and O–H groups in total. The Bertz CT molecular complexity index is 422. The second-order valence-corrected chi connectivity index (χ2v) is 6.53. The predicted octanol–water partition coefficient (Wildman–Crippen LogP) is 2.85. The predicted molar refractivity (Wildman–Crippen MR) is 74.5 cm³/mol. The van der Waals surface area contributed by atoms with Gasteiger partial charge in [0.1, 0.15) is 0 Å². The van der Waals surface area contributed by atoms with E-state index in [9.17, 15) is 9.90 Å². The van der Waals surface area contributed by atoms with Gasteiger partial charge in [0.25, 0.3) is 0 Å². The number of methoxy groups -OCH3 is 1. The molecule has 2 unspecified atom stereocenters. The molecule has 0 amide bonds. The molecule has 1 fully saturated rings. The van der Waals surface area contributed by atoms with E-state index in [1.165, 1.54) is 7.11 Å². The summed E-state index contributed by atoms with van der Waals surface area (Å²) in [4.78, 5) is 11.6. The number of allylic oxidation sites excluding steroid dienone is 1. The third-order valence-electron chi connectivity index (χ3n) is 5.11. The van der Waals surface area contributed by atoms with Crippen LogP contribution in [0, 0.1) is 17.3 Å². The SMILES string of the molecule is C=C(C(=O)OC)[C@@H]1CC[C@@]2(C)CC=CC(C)(O)C2C1. The first-order chi connectivity index (χ1) is 8.80. The molecule has 2 aliphatic carbocycles. The number of carbonyl (C=O) groups is 1. The summed E-state index contributed by atoms with van der Waals surface area (Å²) in [5, 5.41) is 10.6. The Morgan fingerprint density at radius 1 is 1.47 bits per heavy atom. The van der Waals surface area contributed by atoms with E-state index in [0.717, 1.165) is 25.7 Å². The number of ether oxygens (including phenoxy) is 1. The van der Waals surface area contributed by atoms with Gasteiger partial charge in [-0.2, -0.15) is 0 Å². The van der Waals surface area contributed by atoms with Crippen molar-refractivity contribution in [2.75, 3.05) is 7.11 Å². The van der Waals surface area contributed by atoms with E-state index < -0.39 is 5.60 Å². The van der Waals surface area contributed by atoms with Crippen LogP contribution in [-0.2, 0) is 9.53 Å². The molecule has 0 aliphatic heterocycles. The van der Waals surface area contributed by atoms with Gasteiger partial charge in [-0.1, -0.05) is 25.7 Å². The van der Waals surface area contributed by atoms with Crippen molar-refractivity contribution in [2.24, 2.45) is 17.3 Å². The first-order valence-electron chi connectivity index (χ1n) is 6.97. The molecular formula is C16H24O3. The van der Waals surface area contributed by atoms with E-state index in [2.05, 4.69) is 19.6 Å². The van der Waals surface area contributed by atoms with E-state index >= 15 is 0 Å². The van der Waals surface area contributed by atoms with Crippen LogP contribution in [0.2, 0.25) is 0 Å². The van der Waals surface area contributed by atoms with Crippen molar-refractivity contribution in [1.82, 2.24) is 0 Å². The van der Waals surface area contributed by atoms with Crippen molar-refractivity contribution in [2.45, 2.75) is 45.1 Å². The zero-order valence-corrected chi connectivity index (χ0v) is 12.1. The molecule has 3 nitrogen and oxygen atoms in total. The van der Waals surface area contributed by atoms with Crippen molar-refractivity contribution in [3.8, 4) is 0 Å². The minimum Gasteiger partial charge on any atom is -0.466 e. The normalized spacial score (nSPS) is 41.5. The minimum atomic E-state index is -0.790. The van der Waals surface area contributed by atoms with Gasteiger partial charge in [-0.05, 0) is 49.9 Å². The average molecular weight is 264 g/mol. The highest BCUT2D eigenvalue weighted by Crippen LogP contribution is 2.54. The minimum absolute atomic E-state index is 0.128. The summed E-state index contributed by atoms with van der Waals surface area (Å²) in [5.41, 5.74) is -0.109. The average Bonchev–Trinajstić information content (AvgIpc) is 2.36. The fraction of sp³-hybridized carbons (Fsp3) is 0.688. The summed E-state index contributed by atoms with van der Waals surface area (Å²) in [7, 11) is 1.39. The van der Waals surface area contributed by atoms with Crippen LogP contribution in [0.4, 0.5) is 0 Å². The standard InChI is InChI=1S/C16H24O3/c1-11(14(17)19-4)12-6-9-15(2)7-5-8-16(3,18)13(15)10-12/h5,8,12-13,18H,1,6-7,9-10H2,2-4H3/t12-,13?,15-,16?/m1/s1. The zero-order valence-electron chi connectivity index (χ0n) is 12.1. The smallest absolute Gasteiger partial charge is 0.333 e. The Balaban J connectivity index is 2.19. The van der Waals surface area contributed by atoms with Gasteiger partial charge in [0, 0.05) is 5.57 Å². The molecule has 0 aromatic carbocycles. The summed E-state index contributed by atoms with van der Waals surface area (Å²) in [6.45, 7) is 8.00. The number of rotatable bonds is 2. The maximum atomic E-state index is 11.6. The second-order valence-electron chi connectivity index (χ2n) is 6.53. The molecule has 106 valence electrons. The molecule has 0 saturated heterocycles. The number of fused-ring (bicyclic) bond motifs is 1. The van der Waals surface area contributed by atoms with Crippen LogP contribution in [0.3, 0.4) is 0 Å². The van der Waals surface area contributed by atoms with Gasteiger partial charge in [-0.25, -0.2) is 4.79 Å². The monoisotopic (exact) mass is 264 g/mol. The number of aliphatic hydroxyl groups is 1. The lowest BCUT2D eigenvalue weighted by atomic mass is 9.55. The molecule has 0 spiro atoms. The molecule has 0 heterocycles. The Hall–Kier alpha value is -1.09. The van der Waals surface area contributed by atoms with E-state index in [-0.39, 0.29) is 23.2 Å². The Labute approximate surface area is 115 Å². The fourth-order valence-corrected chi connectivity index (χ4v) is 3.85. The van der Waals surface area contributed by atoms with Gasteiger partial charge in [-0.15, -0.1) is 0 Å².